The summed E-state index contributed by atoms with van der Waals surface area (Å²) >= 11 is 0. The number of alkyl halides is 3. The van der Waals surface area contributed by atoms with Gasteiger partial charge in [0, 0.05) is 6.54 Å². The van der Waals surface area contributed by atoms with Gasteiger partial charge in [-0.05, 0) is 49.4 Å². The van der Waals surface area contributed by atoms with Crippen molar-refractivity contribution in [2.75, 3.05) is 25.1 Å². The number of sulfone groups is 1. The van der Waals surface area contributed by atoms with Crippen molar-refractivity contribution in [3.63, 3.8) is 0 Å². The summed E-state index contributed by atoms with van der Waals surface area (Å²) in [6.07, 6.45) is -3.21. The summed E-state index contributed by atoms with van der Waals surface area (Å²) < 4.78 is 60.9. The molecule has 1 fully saturated rings. The van der Waals surface area contributed by atoms with Gasteiger partial charge in [-0.3, -0.25) is 0 Å². The molecule has 0 bridgehead atoms. The SMILES string of the molecule is CNCC(c1ccc(C(F)(F)F)cc1)C1CCS(=O)(=O)CC1. The Bertz CT molecular complexity index is 582. The second-order valence-electron chi connectivity index (χ2n) is 5.77. The van der Waals surface area contributed by atoms with Crippen LogP contribution in [0.1, 0.15) is 29.9 Å². The Labute approximate surface area is 128 Å². The van der Waals surface area contributed by atoms with Crippen LogP contribution in [0.25, 0.3) is 0 Å². The molecule has 22 heavy (non-hydrogen) atoms. The first-order valence-electron chi connectivity index (χ1n) is 7.25. The molecular formula is C15H20F3NO2S. The van der Waals surface area contributed by atoms with Gasteiger partial charge in [0.1, 0.15) is 9.84 Å². The predicted octanol–water partition coefficient (Wildman–Crippen LogP) is 2.83. The van der Waals surface area contributed by atoms with Crippen molar-refractivity contribution in [2.45, 2.75) is 24.9 Å². The number of rotatable bonds is 4. The summed E-state index contributed by atoms with van der Waals surface area (Å²) in [5.41, 5.74) is 0.164. The molecule has 1 saturated heterocycles. The molecule has 7 heteroatoms. The van der Waals surface area contributed by atoms with Crippen LogP contribution >= 0.6 is 0 Å². The number of nitrogens with one attached hydrogen (secondary N) is 1. The fourth-order valence-corrected chi connectivity index (χ4v) is 4.53. The monoisotopic (exact) mass is 335 g/mol. The lowest BCUT2D eigenvalue weighted by atomic mass is 9.82. The van der Waals surface area contributed by atoms with Gasteiger partial charge in [0.25, 0.3) is 0 Å². The van der Waals surface area contributed by atoms with E-state index in [-0.39, 0.29) is 23.3 Å². The van der Waals surface area contributed by atoms with Crippen LogP contribution in [0.5, 0.6) is 0 Å². The lowest BCUT2D eigenvalue weighted by Gasteiger charge is -2.30. The first kappa shape index (κ1) is 17.3. The predicted molar refractivity (Wildman–Crippen MR) is 79.5 cm³/mol. The van der Waals surface area contributed by atoms with Gasteiger partial charge in [-0.2, -0.15) is 13.2 Å². The normalized spacial score (nSPS) is 20.7. The van der Waals surface area contributed by atoms with Gasteiger partial charge in [-0.1, -0.05) is 12.1 Å². The Morgan fingerprint density at radius 2 is 1.73 bits per heavy atom. The molecule has 0 radical (unpaired) electrons. The van der Waals surface area contributed by atoms with Crippen LogP contribution in [0.4, 0.5) is 13.2 Å². The second-order valence-corrected chi connectivity index (χ2v) is 8.08. The minimum absolute atomic E-state index is 0.0304. The van der Waals surface area contributed by atoms with E-state index in [4.69, 9.17) is 0 Å². The summed E-state index contributed by atoms with van der Waals surface area (Å²) in [5, 5.41) is 3.06. The Balaban J connectivity index is 2.18. The average Bonchev–Trinajstić information content (AvgIpc) is 2.45. The highest BCUT2D eigenvalue weighted by Gasteiger charge is 2.32. The Kier molecular flexibility index (Phi) is 5.17. The van der Waals surface area contributed by atoms with Crippen LogP contribution in [-0.4, -0.2) is 33.5 Å². The van der Waals surface area contributed by atoms with E-state index in [2.05, 4.69) is 5.32 Å². The highest BCUT2D eigenvalue weighted by atomic mass is 32.2. The molecule has 2 rings (SSSR count). The third kappa shape index (κ3) is 4.23. The smallest absolute Gasteiger partial charge is 0.319 e. The molecule has 124 valence electrons. The summed E-state index contributed by atoms with van der Waals surface area (Å²) in [5.74, 6) is 0.535. The largest absolute Gasteiger partial charge is 0.416 e. The van der Waals surface area contributed by atoms with E-state index in [9.17, 15) is 21.6 Å². The van der Waals surface area contributed by atoms with E-state index in [0.717, 1.165) is 17.7 Å². The zero-order valence-electron chi connectivity index (χ0n) is 12.4. The minimum atomic E-state index is -4.34. The van der Waals surface area contributed by atoms with Crippen LogP contribution in [-0.2, 0) is 16.0 Å². The van der Waals surface area contributed by atoms with E-state index in [1.807, 2.05) is 0 Å². The van der Waals surface area contributed by atoms with Gasteiger partial charge < -0.3 is 5.32 Å². The lowest BCUT2D eigenvalue weighted by molar-refractivity contribution is -0.137. The molecule has 1 atom stereocenters. The first-order chi connectivity index (χ1) is 10.2. The molecule has 0 aromatic heterocycles. The molecule has 0 spiro atoms. The fraction of sp³-hybridized carbons (Fsp3) is 0.600. The molecular weight excluding hydrogens is 315 g/mol. The highest BCUT2D eigenvalue weighted by molar-refractivity contribution is 7.91. The van der Waals surface area contributed by atoms with Crippen LogP contribution in [0.15, 0.2) is 24.3 Å². The average molecular weight is 335 g/mol. The lowest BCUT2D eigenvalue weighted by Crippen LogP contribution is -2.31. The Hall–Kier alpha value is -1.08. The minimum Gasteiger partial charge on any atom is -0.319 e. The molecule has 0 aliphatic carbocycles. The standard InChI is InChI=1S/C15H20F3NO2S/c1-19-10-14(12-6-8-22(20,21)9-7-12)11-2-4-13(5-3-11)15(16,17)18/h2-5,12,14,19H,6-10H2,1H3. The van der Waals surface area contributed by atoms with Gasteiger partial charge in [0.15, 0.2) is 0 Å². The number of halogens is 3. The third-order valence-electron chi connectivity index (χ3n) is 4.26. The maximum absolute atomic E-state index is 12.6. The van der Waals surface area contributed by atoms with Crippen molar-refractivity contribution in [3.05, 3.63) is 35.4 Å². The van der Waals surface area contributed by atoms with Gasteiger partial charge in [-0.15, -0.1) is 0 Å². The zero-order chi connectivity index (χ0) is 16.4. The summed E-state index contributed by atoms with van der Waals surface area (Å²) in [7, 11) is -1.15. The van der Waals surface area contributed by atoms with Crippen molar-refractivity contribution in [3.8, 4) is 0 Å². The van der Waals surface area contributed by atoms with Gasteiger partial charge in [0.05, 0.1) is 17.1 Å². The van der Waals surface area contributed by atoms with Gasteiger partial charge in [0.2, 0.25) is 0 Å². The van der Waals surface area contributed by atoms with Crippen molar-refractivity contribution in [1.29, 1.82) is 0 Å². The van der Waals surface area contributed by atoms with Crippen molar-refractivity contribution in [2.24, 2.45) is 5.92 Å². The first-order valence-corrected chi connectivity index (χ1v) is 9.07. The van der Waals surface area contributed by atoms with Crippen LogP contribution in [0.2, 0.25) is 0 Å². The van der Waals surface area contributed by atoms with E-state index < -0.39 is 21.6 Å². The summed E-state index contributed by atoms with van der Waals surface area (Å²) in [6.45, 7) is 0.621. The number of hydrogen-bond donors (Lipinski definition) is 1. The van der Waals surface area contributed by atoms with E-state index in [0.29, 0.717) is 19.4 Å². The molecule has 1 N–H and O–H groups in total. The molecule has 1 aliphatic rings. The van der Waals surface area contributed by atoms with E-state index >= 15 is 0 Å². The van der Waals surface area contributed by atoms with Crippen molar-refractivity contribution in [1.82, 2.24) is 5.32 Å². The Morgan fingerprint density at radius 3 is 2.18 bits per heavy atom. The fourth-order valence-electron chi connectivity index (χ4n) is 3.01. The molecule has 1 aromatic carbocycles. The molecule has 0 saturated carbocycles. The number of hydrogen-bond acceptors (Lipinski definition) is 3. The second kappa shape index (κ2) is 6.58. The van der Waals surface area contributed by atoms with Crippen LogP contribution < -0.4 is 5.32 Å². The molecule has 3 nitrogen and oxygen atoms in total. The summed E-state index contributed by atoms with van der Waals surface area (Å²) in [6, 6.07) is 5.21. The van der Waals surface area contributed by atoms with Gasteiger partial charge >= 0.3 is 6.18 Å². The number of likely N-dealkylation sites (N-methyl/N-ethyl adjacent to an activating group) is 1. The van der Waals surface area contributed by atoms with Crippen LogP contribution in [0.3, 0.4) is 0 Å². The summed E-state index contributed by atoms with van der Waals surface area (Å²) in [4.78, 5) is 0. The zero-order valence-corrected chi connectivity index (χ0v) is 13.2. The molecule has 1 aliphatic heterocycles. The van der Waals surface area contributed by atoms with Crippen molar-refractivity contribution < 1.29 is 21.6 Å². The number of benzene rings is 1. The quantitative estimate of drug-likeness (QED) is 0.920. The maximum atomic E-state index is 12.6. The molecule has 0 amide bonds. The topological polar surface area (TPSA) is 46.2 Å². The Morgan fingerprint density at radius 1 is 1.18 bits per heavy atom. The third-order valence-corrected chi connectivity index (χ3v) is 5.97. The van der Waals surface area contributed by atoms with Crippen LogP contribution in [0, 0.1) is 5.92 Å². The van der Waals surface area contributed by atoms with E-state index in [1.165, 1.54) is 12.1 Å². The highest BCUT2D eigenvalue weighted by Crippen LogP contribution is 2.35. The molecule has 1 heterocycles. The molecule has 1 aromatic rings. The van der Waals surface area contributed by atoms with Gasteiger partial charge in [-0.25, -0.2) is 8.42 Å². The molecule has 1 unspecified atom stereocenters. The van der Waals surface area contributed by atoms with E-state index in [1.54, 1.807) is 7.05 Å². The van der Waals surface area contributed by atoms with Crippen molar-refractivity contribution >= 4 is 9.84 Å². The maximum Gasteiger partial charge on any atom is 0.416 e.